The summed E-state index contributed by atoms with van der Waals surface area (Å²) in [5, 5.41) is 0. The molecule has 4 bridgehead atoms. The standard InChI is InChI=1S/C18H31N/c1-13(2)5-15(19)9-18-8-14-6-16(3,11-18)10-17(4,7-14)12-18/h5,14-15H,6-12,19H2,1-4H3. The van der Waals surface area contributed by atoms with Crippen LogP contribution in [-0.4, -0.2) is 6.04 Å². The van der Waals surface area contributed by atoms with Crippen molar-refractivity contribution in [2.45, 2.75) is 78.7 Å². The monoisotopic (exact) mass is 261 g/mol. The van der Waals surface area contributed by atoms with E-state index in [2.05, 4.69) is 33.8 Å². The molecule has 0 amide bonds. The summed E-state index contributed by atoms with van der Waals surface area (Å²) in [6.07, 6.45) is 12.3. The minimum absolute atomic E-state index is 0.272. The van der Waals surface area contributed by atoms with E-state index >= 15 is 0 Å². The van der Waals surface area contributed by atoms with E-state index < -0.39 is 0 Å². The summed E-state index contributed by atoms with van der Waals surface area (Å²) in [6.45, 7) is 9.44. The molecule has 4 rings (SSSR count). The molecule has 0 radical (unpaired) electrons. The Morgan fingerprint density at radius 1 is 1.11 bits per heavy atom. The Morgan fingerprint density at radius 3 is 2.16 bits per heavy atom. The van der Waals surface area contributed by atoms with Gasteiger partial charge in [0.25, 0.3) is 0 Å². The number of allylic oxidation sites excluding steroid dienone is 1. The van der Waals surface area contributed by atoms with Crippen molar-refractivity contribution in [3.63, 3.8) is 0 Å². The van der Waals surface area contributed by atoms with Crippen LogP contribution in [0, 0.1) is 22.2 Å². The van der Waals surface area contributed by atoms with E-state index in [4.69, 9.17) is 5.73 Å². The molecule has 3 atom stereocenters. The Kier molecular flexibility index (Phi) is 2.95. The molecule has 0 heterocycles. The fourth-order valence-corrected chi connectivity index (χ4v) is 6.90. The highest BCUT2D eigenvalue weighted by molar-refractivity contribution is 5.12. The minimum Gasteiger partial charge on any atom is -0.324 e. The molecule has 0 aromatic carbocycles. The summed E-state index contributed by atoms with van der Waals surface area (Å²) in [5.74, 6) is 0.991. The Hall–Kier alpha value is -0.300. The summed E-state index contributed by atoms with van der Waals surface area (Å²) in [7, 11) is 0. The van der Waals surface area contributed by atoms with Gasteiger partial charge in [-0.2, -0.15) is 0 Å². The number of hydrogen-bond acceptors (Lipinski definition) is 1. The zero-order chi connectivity index (χ0) is 13.9. The summed E-state index contributed by atoms with van der Waals surface area (Å²) in [5.41, 5.74) is 9.59. The first-order valence-corrected chi connectivity index (χ1v) is 8.12. The number of hydrogen-bond donors (Lipinski definition) is 1. The van der Waals surface area contributed by atoms with Crippen LogP contribution in [0.3, 0.4) is 0 Å². The molecule has 0 spiro atoms. The van der Waals surface area contributed by atoms with Crippen LogP contribution in [0.5, 0.6) is 0 Å². The third kappa shape index (κ3) is 2.51. The number of rotatable bonds is 3. The van der Waals surface area contributed by atoms with Crippen molar-refractivity contribution < 1.29 is 0 Å². The van der Waals surface area contributed by atoms with E-state index in [9.17, 15) is 0 Å². The molecule has 108 valence electrons. The van der Waals surface area contributed by atoms with E-state index in [0.717, 1.165) is 5.92 Å². The molecular formula is C18H31N. The Bertz CT molecular complexity index is 386. The van der Waals surface area contributed by atoms with Crippen LogP contribution in [0.2, 0.25) is 0 Å². The highest BCUT2D eigenvalue weighted by atomic mass is 14.7. The summed E-state index contributed by atoms with van der Waals surface area (Å²) >= 11 is 0. The van der Waals surface area contributed by atoms with Crippen molar-refractivity contribution in [2.75, 3.05) is 0 Å². The van der Waals surface area contributed by atoms with Gasteiger partial charge in [-0.1, -0.05) is 25.5 Å². The summed E-state index contributed by atoms with van der Waals surface area (Å²) in [4.78, 5) is 0. The van der Waals surface area contributed by atoms with Gasteiger partial charge < -0.3 is 5.73 Å². The maximum atomic E-state index is 6.41. The first kappa shape index (κ1) is 13.7. The average molecular weight is 261 g/mol. The van der Waals surface area contributed by atoms with Crippen LogP contribution in [0.25, 0.3) is 0 Å². The van der Waals surface area contributed by atoms with Crippen LogP contribution >= 0.6 is 0 Å². The van der Waals surface area contributed by atoms with Crippen LogP contribution in [0.1, 0.15) is 72.6 Å². The van der Waals surface area contributed by atoms with Gasteiger partial charge in [-0.15, -0.1) is 0 Å². The van der Waals surface area contributed by atoms with Gasteiger partial charge in [0.2, 0.25) is 0 Å². The summed E-state index contributed by atoms with van der Waals surface area (Å²) < 4.78 is 0. The predicted molar refractivity (Wildman–Crippen MR) is 81.9 cm³/mol. The van der Waals surface area contributed by atoms with Gasteiger partial charge in [0, 0.05) is 6.04 Å². The van der Waals surface area contributed by atoms with Crippen molar-refractivity contribution in [1.82, 2.24) is 0 Å². The molecular weight excluding hydrogens is 230 g/mol. The third-order valence-corrected chi connectivity index (χ3v) is 5.96. The van der Waals surface area contributed by atoms with E-state index in [1.165, 1.54) is 50.5 Å². The second-order valence-electron chi connectivity index (χ2n) is 9.24. The molecule has 0 aliphatic heterocycles. The van der Waals surface area contributed by atoms with Crippen LogP contribution in [0.15, 0.2) is 11.6 Å². The van der Waals surface area contributed by atoms with Crippen molar-refractivity contribution in [1.29, 1.82) is 0 Å². The van der Waals surface area contributed by atoms with Gasteiger partial charge in [0.1, 0.15) is 0 Å². The Morgan fingerprint density at radius 2 is 1.68 bits per heavy atom. The Balaban J connectivity index is 1.82. The topological polar surface area (TPSA) is 26.0 Å². The molecule has 0 aromatic rings. The van der Waals surface area contributed by atoms with Gasteiger partial charge in [-0.05, 0) is 81.0 Å². The van der Waals surface area contributed by atoms with E-state index in [1.54, 1.807) is 0 Å². The highest BCUT2D eigenvalue weighted by Crippen LogP contribution is 2.70. The van der Waals surface area contributed by atoms with Crippen LogP contribution in [0.4, 0.5) is 0 Å². The lowest BCUT2D eigenvalue weighted by molar-refractivity contribution is -0.148. The van der Waals surface area contributed by atoms with E-state index in [0.29, 0.717) is 16.2 Å². The van der Waals surface area contributed by atoms with Crippen molar-refractivity contribution in [3.8, 4) is 0 Å². The summed E-state index contributed by atoms with van der Waals surface area (Å²) in [6, 6.07) is 0.272. The van der Waals surface area contributed by atoms with Crippen LogP contribution in [-0.2, 0) is 0 Å². The number of nitrogens with two attached hydrogens (primary N) is 1. The maximum absolute atomic E-state index is 6.41. The molecule has 0 saturated heterocycles. The van der Waals surface area contributed by atoms with Crippen molar-refractivity contribution in [2.24, 2.45) is 27.9 Å². The maximum Gasteiger partial charge on any atom is 0.0231 e. The SMILES string of the molecule is CC(C)=CC(N)CC12CC3CC(C)(CC(C)(C3)C1)C2. The molecule has 19 heavy (non-hydrogen) atoms. The molecule has 2 N–H and O–H groups in total. The van der Waals surface area contributed by atoms with Gasteiger partial charge in [-0.3, -0.25) is 0 Å². The molecule has 4 aliphatic carbocycles. The van der Waals surface area contributed by atoms with Gasteiger partial charge in [-0.25, -0.2) is 0 Å². The minimum atomic E-state index is 0.272. The third-order valence-electron chi connectivity index (χ3n) is 5.96. The van der Waals surface area contributed by atoms with Gasteiger partial charge >= 0.3 is 0 Å². The lowest BCUT2D eigenvalue weighted by atomic mass is 9.39. The smallest absolute Gasteiger partial charge is 0.0231 e. The molecule has 1 heteroatoms. The lowest BCUT2D eigenvalue weighted by Gasteiger charge is -2.66. The van der Waals surface area contributed by atoms with E-state index in [-0.39, 0.29) is 6.04 Å². The molecule has 4 fully saturated rings. The molecule has 4 saturated carbocycles. The zero-order valence-corrected chi connectivity index (χ0v) is 13.3. The van der Waals surface area contributed by atoms with Crippen molar-refractivity contribution >= 4 is 0 Å². The second-order valence-corrected chi connectivity index (χ2v) is 9.24. The predicted octanol–water partition coefficient (Wildman–Crippen LogP) is 4.67. The first-order valence-electron chi connectivity index (χ1n) is 8.12. The molecule has 1 nitrogen and oxygen atoms in total. The van der Waals surface area contributed by atoms with Gasteiger partial charge in [0.05, 0.1) is 0 Å². The van der Waals surface area contributed by atoms with E-state index in [1.807, 2.05) is 0 Å². The Labute approximate surface area is 119 Å². The molecule has 0 aromatic heterocycles. The molecule has 4 aliphatic rings. The average Bonchev–Trinajstić information content (AvgIpc) is 2.06. The largest absolute Gasteiger partial charge is 0.324 e. The normalized spacial score (nSPS) is 49.2. The van der Waals surface area contributed by atoms with Crippen molar-refractivity contribution in [3.05, 3.63) is 11.6 Å². The quantitative estimate of drug-likeness (QED) is 0.734. The molecule has 3 unspecified atom stereocenters. The highest BCUT2D eigenvalue weighted by Gasteiger charge is 2.59. The fourth-order valence-electron chi connectivity index (χ4n) is 6.90. The fraction of sp³-hybridized carbons (Fsp3) is 0.889. The zero-order valence-electron chi connectivity index (χ0n) is 13.3. The lowest BCUT2D eigenvalue weighted by Crippen LogP contribution is -2.56. The van der Waals surface area contributed by atoms with Crippen LogP contribution < -0.4 is 5.73 Å². The van der Waals surface area contributed by atoms with Gasteiger partial charge in [0.15, 0.2) is 0 Å². The first-order chi connectivity index (χ1) is 8.72. The second kappa shape index (κ2) is 4.10.